The molecule has 1 fully saturated rings. The summed E-state index contributed by atoms with van der Waals surface area (Å²) in [6, 6.07) is 1.64. The highest BCUT2D eigenvalue weighted by molar-refractivity contribution is 6.01. The van der Waals surface area contributed by atoms with Crippen LogP contribution in [0.1, 0.15) is 61.3 Å². The Balaban J connectivity index is 1.94. The van der Waals surface area contributed by atoms with Crippen LogP contribution >= 0.6 is 0 Å². The normalized spacial score (nSPS) is 16.5. The number of likely N-dealkylation sites (tertiary alicyclic amines) is 1. The molecule has 0 aliphatic carbocycles. The number of aryl methyl sites for hydroxylation is 1. The van der Waals surface area contributed by atoms with Gasteiger partial charge in [-0.25, -0.2) is 4.52 Å². The molecule has 0 saturated carbocycles. The number of H-pyrrole nitrogens is 1. The molecule has 0 bridgehead atoms. The molecule has 2 aromatic heterocycles. The van der Waals surface area contributed by atoms with Gasteiger partial charge in [0, 0.05) is 25.1 Å². The number of hydrogen-bond donors (Lipinski definition) is 2. The first-order chi connectivity index (χ1) is 12.4. The molecule has 0 aromatic carbocycles. The number of aromatic nitrogens is 3. The van der Waals surface area contributed by atoms with Gasteiger partial charge in [0.25, 0.3) is 11.5 Å². The molecule has 26 heavy (non-hydrogen) atoms. The molecule has 3 rings (SSSR count). The van der Waals surface area contributed by atoms with Gasteiger partial charge in [-0.1, -0.05) is 13.8 Å². The lowest BCUT2D eigenvalue weighted by Crippen LogP contribution is -2.35. The molecule has 0 unspecified atom stereocenters. The van der Waals surface area contributed by atoms with E-state index in [1.54, 1.807) is 10.6 Å². The van der Waals surface area contributed by atoms with Crippen molar-refractivity contribution in [1.29, 1.82) is 0 Å². The Kier molecular flexibility index (Phi) is 5.46. The highest BCUT2D eigenvalue weighted by atomic mass is 16.2. The fourth-order valence-corrected chi connectivity index (χ4v) is 3.82. The van der Waals surface area contributed by atoms with E-state index in [4.69, 9.17) is 0 Å². The number of amides is 1. The van der Waals surface area contributed by atoms with Crippen LogP contribution in [0.4, 0.5) is 0 Å². The second-order valence-electron chi connectivity index (χ2n) is 7.40. The molecule has 1 aliphatic rings. The first-order valence-corrected chi connectivity index (χ1v) is 9.32. The molecular formula is C19H28N5O2. The number of nitrogens with zero attached hydrogens (tertiary/aromatic N) is 3. The average Bonchev–Trinajstić information content (AvgIpc) is 2.90. The standard InChI is InChI=1S/C19H28N5O2/c1-5-20-19(26)17-13(4)22-24-15(10-16(25)21-18(17)24)14-6-8-23(9-7-14)11-12(2)3/h10,14H,5-9,11H2,1-4H3,(H,20,26)(H,21,25). The molecule has 0 spiro atoms. The van der Waals surface area contributed by atoms with E-state index in [0.29, 0.717) is 23.4 Å². The molecule has 141 valence electrons. The van der Waals surface area contributed by atoms with Crippen LogP contribution in [0.5, 0.6) is 0 Å². The minimum atomic E-state index is -0.198. The molecule has 1 aliphatic heterocycles. The fraction of sp³-hybridized carbons (Fsp3) is 0.579. The van der Waals surface area contributed by atoms with Crippen LogP contribution in [-0.4, -0.2) is 51.6 Å². The Hall–Kier alpha value is -2.15. The molecule has 1 amide bonds. The summed E-state index contributed by atoms with van der Waals surface area (Å²) in [4.78, 5) is 29.9. The van der Waals surface area contributed by atoms with Gasteiger partial charge in [0.05, 0.1) is 11.4 Å². The topological polar surface area (TPSA) is 82.5 Å². The minimum Gasteiger partial charge on any atom is -0.352 e. The van der Waals surface area contributed by atoms with Crippen molar-refractivity contribution < 1.29 is 4.79 Å². The number of rotatable bonds is 5. The van der Waals surface area contributed by atoms with E-state index in [1.807, 2.05) is 13.8 Å². The van der Waals surface area contributed by atoms with Crippen LogP contribution in [0.3, 0.4) is 0 Å². The maximum atomic E-state index is 12.4. The summed E-state index contributed by atoms with van der Waals surface area (Å²) < 4.78 is 1.76. The fourth-order valence-electron chi connectivity index (χ4n) is 3.82. The summed E-state index contributed by atoms with van der Waals surface area (Å²) in [6.07, 6.45) is 1.97. The molecule has 2 aromatic rings. The number of carbonyl (C=O) groups is 1. The van der Waals surface area contributed by atoms with Crippen molar-refractivity contribution in [2.45, 2.75) is 46.5 Å². The van der Waals surface area contributed by atoms with Crippen LogP contribution in [0.15, 0.2) is 10.9 Å². The first-order valence-electron chi connectivity index (χ1n) is 9.32. The lowest BCUT2D eigenvalue weighted by molar-refractivity contribution is 0.0956. The van der Waals surface area contributed by atoms with E-state index < -0.39 is 0 Å². The largest absolute Gasteiger partial charge is 0.352 e. The number of piperidine rings is 1. The molecule has 3 heterocycles. The summed E-state index contributed by atoms with van der Waals surface area (Å²) in [5.41, 5.74) is 2.31. The summed E-state index contributed by atoms with van der Waals surface area (Å²) >= 11 is 0. The predicted molar refractivity (Wildman–Crippen MR) is 102 cm³/mol. The van der Waals surface area contributed by atoms with Crippen molar-refractivity contribution in [2.24, 2.45) is 0 Å². The molecule has 2 N–H and O–H groups in total. The Morgan fingerprint density at radius 1 is 1.35 bits per heavy atom. The van der Waals surface area contributed by atoms with Gasteiger partial charge in [-0.3, -0.25) is 9.59 Å². The third kappa shape index (κ3) is 3.67. The zero-order valence-electron chi connectivity index (χ0n) is 16.1. The van der Waals surface area contributed by atoms with Crippen molar-refractivity contribution in [1.82, 2.24) is 24.8 Å². The van der Waals surface area contributed by atoms with Gasteiger partial charge in [-0.2, -0.15) is 5.10 Å². The lowest BCUT2D eigenvalue weighted by Gasteiger charge is -2.32. The van der Waals surface area contributed by atoms with Gasteiger partial charge >= 0.3 is 0 Å². The third-order valence-electron chi connectivity index (χ3n) is 4.94. The van der Waals surface area contributed by atoms with E-state index >= 15 is 0 Å². The average molecular weight is 358 g/mol. The number of nitrogens with one attached hydrogen (secondary N) is 2. The molecule has 7 nitrogen and oxygen atoms in total. The van der Waals surface area contributed by atoms with Gasteiger partial charge in [0.1, 0.15) is 11.2 Å². The quantitative estimate of drug-likeness (QED) is 0.855. The molecule has 0 atom stereocenters. The number of hydrogen-bond acceptors (Lipinski definition) is 4. The van der Waals surface area contributed by atoms with Crippen molar-refractivity contribution in [3.8, 4) is 0 Å². The van der Waals surface area contributed by atoms with E-state index in [0.717, 1.165) is 38.2 Å². The van der Waals surface area contributed by atoms with Crippen molar-refractivity contribution in [3.63, 3.8) is 0 Å². The van der Waals surface area contributed by atoms with Crippen LogP contribution in [-0.2, 0) is 0 Å². The molecular weight excluding hydrogens is 330 g/mol. The highest BCUT2D eigenvalue weighted by Crippen LogP contribution is 2.28. The van der Waals surface area contributed by atoms with Crippen molar-refractivity contribution >= 4 is 11.6 Å². The lowest BCUT2D eigenvalue weighted by atomic mass is 9.92. The van der Waals surface area contributed by atoms with E-state index in [9.17, 15) is 9.59 Å². The summed E-state index contributed by atoms with van der Waals surface area (Å²) in [6.45, 7) is 11.6. The minimum absolute atomic E-state index is 0.182. The third-order valence-corrected chi connectivity index (χ3v) is 4.94. The molecule has 1 radical (unpaired) electrons. The van der Waals surface area contributed by atoms with Crippen molar-refractivity contribution in [2.75, 3.05) is 26.2 Å². The van der Waals surface area contributed by atoms with E-state index in [2.05, 4.69) is 34.1 Å². The Morgan fingerprint density at radius 2 is 2.04 bits per heavy atom. The Labute approximate surface area is 153 Å². The van der Waals surface area contributed by atoms with Gasteiger partial charge in [0.15, 0.2) is 0 Å². The molecule has 1 saturated heterocycles. The number of carbonyl (C=O) groups excluding carboxylic acids is 1. The zero-order chi connectivity index (χ0) is 18.8. The number of fused-ring (bicyclic) bond motifs is 1. The smallest absolute Gasteiger partial charge is 0.256 e. The summed E-state index contributed by atoms with van der Waals surface area (Å²) in [7, 11) is 0. The highest BCUT2D eigenvalue weighted by Gasteiger charge is 2.26. The monoisotopic (exact) mass is 358 g/mol. The van der Waals surface area contributed by atoms with Crippen LogP contribution in [0, 0.1) is 12.8 Å². The zero-order valence-corrected chi connectivity index (χ0v) is 16.1. The van der Waals surface area contributed by atoms with Gasteiger partial charge < -0.3 is 15.2 Å². The van der Waals surface area contributed by atoms with Gasteiger partial charge in [-0.05, 0) is 45.7 Å². The predicted octanol–water partition coefficient (Wildman–Crippen LogP) is 1.87. The van der Waals surface area contributed by atoms with Crippen LogP contribution in [0.2, 0.25) is 0 Å². The van der Waals surface area contributed by atoms with E-state index in [1.165, 1.54) is 5.92 Å². The molecule has 7 heteroatoms. The Morgan fingerprint density at radius 3 is 2.65 bits per heavy atom. The van der Waals surface area contributed by atoms with E-state index in [-0.39, 0.29) is 17.4 Å². The maximum absolute atomic E-state index is 12.4. The first kappa shape index (κ1) is 18.6. The van der Waals surface area contributed by atoms with Crippen LogP contribution in [0.25, 0.3) is 5.65 Å². The number of aromatic amines is 1. The van der Waals surface area contributed by atoms with Crippen LogP contribution < -0.4 is 10.9 Å². The summed E-state index contributed by atoms with van der Waals surface area (Å²) in [5.74, 6) is 1.49. The SMILES string of the molecule is CCNC(=O)c1c(C)nn2c(C3CCN(C[C](C)C)CC3)cc(=O)[nH]c12. The van der Waals surface area contributed by atoms with Crippen molar-refractivity contribution in [3.05, 3.63) is 39.3 Å². The van der Waals surface area contributed by atoms with Gasteiger partial charge in [0.2, 0.25) is 0 Å². The van der Waals surface area contributed by atoms with Gasteiger partial charge in [-0.15, -0.1) is 0 Å². The summed E-state index contributed by atoms with van der Waals surface area (Å²) in [5, 5.41) is 7.37. The Bertz CT molecular complexity index is 843. The second kappa shape index (κ2) is 7.61. The maximum Gasteiger partial charge on any atom is 0.256 e. The second-order valence-corrected chi connectivity index (χ2v) is 7.40.